The van der Waals surface area contributed by atoms with Crippen molar-refractivity contribution in [3.63, 3.8) is 0 Å². The molecule has 1 saturated heterocycles. The van der Waals surface area contributed by atoms with Gasteiger partial charge in [-0.25, -0.2) is 9.37 Å². The molecule has 4 heterocycles. The lowest BCUT2D eigenvalue weighted by atomic mass is 10.1. The van der Waals surface area contributed by atoms with Crippen molar-refractivity contribution in [1.29, 1.82) is 0 Å². The number of piperidine rings is 1. The van der Waals surface area contributed by atoms with E-state index in [2.05, 4.69) is 20.1 Å². The third-order valence-corrected chi connectivity index (χ3v) is 7.02. The van der Waals surface area contributed by atoms with E-state index in [0.29, 0.717) is 28.1 Å². The van der Waals surface area contributed by atoms with Crippen molar-refractivity contribution in [3.8, 4) is 5.69 Å². The maximum Gasteiger partial charge on any atom is 0.258 e. The number of halogens is 1. The Morgan fingerprint density at radius 1 is 1.10 bits per heavy atom. The normalized spacial score (nSPS) is 15.0. The topological polar surface area (TPSA) is 68.3 Å². The van der Waals surface area contributed by atoms with Crippen molar-refractivity contribution in [1.82, 2.24) is 29.0 Å². The van der Waals surface area contributed by atoms with Crippen LogP contribution in [0.15, 0.2) is 51.9 Å². The zero-order chi connectivity index (χ0) is 21.2. The number of thioether (sulfide) groups is 1. The van der Waals surface area contributed by atoms with Crippen LogP contribution in [-0.2, 0) is 12.3 Å². The summed E-state index contributed by atoms with van der Waals surface area (Å²) in [5.41, 5.74) is 1.43. The van der Waals surface area contributed by atoms with Crippen LogP contribution >= 0.6 is 23.1 Å². The van der Waals surface area contributed by atoms with E-state index in [1.807, 2.05) is 9.95 Å². The van der Waals surface area contributed by atoms with Gasteiger partial charge >= 0.3 is 0 Å². The Balaban J connectivity index is 1.43. The number of hydrogen-bond acceptors (Lipinski definition) is 7. The van der Waals surface area contributed by atoms with Gasteiger partial charge in [0.25, 0.3) is 5.56 Å². The third kappa shape index (κ3) is 4.41. The molecule has 0 saturated carbocycles. The third-order valence-electron chi connectivity index (χ3n) is 5.30. The zero-order valence-electron chi connectivity index (χ0n) is 16.8. The van der Waals surface area contributed by atoms with E-state index in [-0.39, 0.29) is 11.4 Å². The number of fused-ring (bicyclic) bond motifs is 1. The van der Waals surface area contributed by atoms with E-state index >= 15 is 0 Å². The zero-order valence-corrected chi connectivity index (χ0v) is 18.4. The highest BCUT2D eigenvalue weighted by Gasteiger charge is 2.19. The molecule has 0 atom stereocenters. The van der Waals surface area contributed by atoms with Gasteiger partial charge in [0.05, 0.1) is 12.2 Å². The maximum absolute atomic E-state index is 13.5. The van der Waals surface area contributed by atoms with Crippen molar-refractivity contribution in [2.45, 2.75) is 36.7 Å². The first-order chi connectivity index (χ1) is 15.2. The molecule has 0 radical (unpaired) electrons. The molecule has 3 aromatic heterocycles. The molecule has 1 aliphatic rings. The summed E-state index contributed by atoms with van der Waals surface area (Å²) >= 11 is 2.90. The van der Waals surface area contributed by atoms with E-state index in [1.165, 1.54) is 58.9 Å². The van der Waals surface area contributed by atoms with Crippen LogP contribution in [0, 0.1) is 5.82 Å². The van der Waals surface area contributed by atoms with Gasteiger partial charge in [-0.15, -0.1) is 21.5 Å². The highest BCUT2D eigenvalue weighted by molar-refractivity contribution is 7.98. The van der Waals surface area contributed by atoms with Gasteiger partial charge in [0.1, 0.15) is 5.82 Å². The minimum absolute atomic E-state index is 0.0901. The number of nitrogens with zero attached hydrogens (tertiary/aromatic N) is 6. The van der Waals surface area contributed by atoms with Gasteiger partial charge in [0.2, 0.25) is 0 Å². The Kier molecular flexibility index (Phi) is 5.84. The van der Waals surface area contributed by atoms with Crippen molar-refractivity contribution in [2.75, 3.05) is 13.1 Å². The molecule has 0 amide bonds. The lowest BCUT2D eigenvalue weighted by Crippen LogP contribution is -2.30. The summed E-state index contributed by atoms with van der Waals surface area (Å²) in [4.78, 5) is 19.9. The Morgan fingerprint density at radius 2 is 1.90 bits per heavy atom. The Hall–Kier alpha value is -2.56. The van der Waals surface area contributed by atoms with Crippen LogP contribution in [0.5, 0.6) is 0 Å². The predicted octanol–water partition coefficient (Wildman–Crippen LogP) is 3.75. The van der Waals surface area contributed by atoms with Crippen LogP contribution in [0.25, 0.3) is 10.6 Å². The number of thiazole rings is 1. The lowest BCUT2D eigenvalue weighted by Gasteiger charge is -2.26. The predicted molar refractivity (Wildman–Crippen MR) is 119 cm³/mol. The maximum atomic E-state index is 13.5. The first-order valence-electron chi connectivity index (χ1n) is 10.2. The Morgan fingerprint density at radius 3 is 2.71 bits per heavy atom. The molecule has 0 aliphatic carbocycles. The molecule has 1 fully saturated rings. The fourth-order valence-electron chi connectivity index (χ4n) is 3.76. The van der Waals surface area contributed by atoms with Crippen molar-refractivity contribution in [3.05, 3.63) is 69.6 Å². The molecule has 31 heavy (non-hydrogen) atoms. The van der Waals surface area contributed by atoms with Gasteiger partial charge < -0.3 is 0 Å². The largest absolute Gasteiger partial charge is 0.296 e. The number of likely N-dealkylation sites (tertiary alicyclic amines) is 1. The first kappa shape index (κ1) is 20.3. The molecule has 0 N–H and O–H groups in total. The summed E-state index contributed by atoms with van der Waals surface area (Å²) < 4.78 is 17.0. The van der Waals surface area contributed by atoms with Crippen LogP contribution in [0.3, 0.4) is 0 Å². The standard InChI is InChI=1S/C21H21FN6OS2/c22-15-4-6-17(7-5-15)28-18(13-26-8-2-1-3-9-26)24-25-21(28)31-14-16-12-19(29)27-10-11-30-20(27)23-16/h4-7,10-12H,1-3,8-9,13-14H2. The summed E-state index contributed by atoms with van der Waals surface area (Å²) in [6.07, 6.45) is 5.38. The smallest absolute Gasteiger partial charge is 0.258 e. The van der Waals surface area contributed by atoms with Crippen molar-refractivity contribution in [2.24, 2.45) is 0 Å². The molecular formula is C21H21FN6OS2. The number of hydrogen-bond donors (Lipinski definition) is 0. The summed E-state index contributed by atoms with van der Waals surface area (Å²) in [5.74, 6) is 1.04. The van der Waals surface area contributed by atoms with E-state index in [0.717, 1.165) is 24.6 Å². The van der Waals surface area contributed by atoms with Crippen LogP contribution in [0.4, 0.5) is 4.39 Å². The molecular weight excluding hydrogens is 435 g/mol. The van der Waals surface area contributed by atoms with Crippen molar-refractivity contribution >= 4 is 28.1 Å². The van der Waals surface area contributed by atoms with Gasteiger partial charge in [-0.1, -0.05) is 18.2 Å². The molecule has 160 valence electrons. The van der Waals surface area contributed by atoms with Gasteiger partial charge in [-0.3, -0.25) is 18.7 Å². The Labute approximate surface area is 186 Å². The van der Waals surface area contributed by atoms with Gasteiger partial charge in [0.15, 0.2) is 15.9 Å². The quantitative estimate of drug-likeness (QED) is 0.412. The van der Waals surface area contributed by atoms with Crippen LogP contribution in [-0.4, -0.2) is 42.1 Å². The highest BCUT2D eigenvalue weighted by atomic mass is 32.2. The van der Waals surface area contributed by atoms with E-state index in [4.69, 9.17) is 0 Å². The molecule has 4 aromatic rings. The minimum atomic E-state index is -0.280. The van der Waals surface area contributed by atoms with Crippen molar-refractivity contribution < 1.29 is 4.39 Å². The molecule has 1 aromatic carbocycles. The SMILES string of the molecule is O=c1cc(CSc2nnc(CN3CCCCC3)n2-c2ccc(F)cc2)nc2sccn12. The summed E-state index contributed by atoms with van der Waals surface area (Å²) in [6.45, 7) is 2.80. The second kappa shape index (κ2) is 8.89. The second-order valence-electron chi connectivity index (χ2n) is 7.48. The number of benzene rings is 1. The lowest BCUT2D eigenvalue weighted by molar-refractivity contribution is 0.214. The van der Waals surface area contributed by atoms with Crippen LogP contribution in [0.1, 0.15) is 30.8 Å². The second-order valence-corrected chi connectivity index (χ2v) is 9.29. The van der Waals surface area contributed by atoms with Crippen LogP contribution < -0.4 is 5.56 Å². The Bertz CT molecular complexity index is 1240. The monoisotopic (exact) mass is 456 g/mol. The fourth-order valence-corrected chi connectivity index (χ4v) is 5.37. The molecule has 0 bridgehead atoms. The number of rotatable bonds is 6. The average molecular weight is 457 g/mol. The summed E-state index contributed by atoms with van der Waals surface area (Å²) in [7, 11) is 0. The fraction of sp³-hybridized carbons (Fsp3) is 0.333. The first-order valence-corrected chi connectivity index (χ1v) is 12.0. The van der Waals surface area contributed by atoms with E-state index < -0.39 is 0 Å². The summed E-state index contributed by atoms with van der Waals surface area (Å²) in [6, 6.07) is 7.93. The van der Waals surface area contributed by atoms with Gasteiger partial charge in [-0.2, -0.15) is 0 Å². The molecule has 0 unspecified atom stereocenters. The van der Waals surface area contributed by atoms with Gasteiger partial charge in [0, 0.05) is 29.1 Å². The molecule has 10 heteroatoms. The average Bonchev–Trinajstić information content (AvgIpc) is 3.41. The molecule has 1 aliphatic heterocycles. The molecule has 5 rings (SSSR count). The highest BCUT2D eigenvalue weighted by Crippen LogP contribution is 2.26. The molecule has 0 spiro atoms. The van der Waals surface area contributed by atoms with E-state index in [9.17, 15) is 9.18 Å². The minimum Gasteiger partial charge on any atom is -0.296 e. The van der Waals surface area contributed by atoms with E-state index in [1.54, 1.807) is 24.4 Å². The van der Waals surface area contributed by atoms with Crippen LogP contribution in [0.2, 0.25) is 0 Å². The molecule has 7 nitrogen and oxygen atoms in total. The number of aromatic nitrogens is 5. The van der Waals surface area contributed by atoms with Gasteiger partial charge in [-0.05, 0) is 50.2 Å². The summed E-state index contributed by atoms with van der Waals surface area (Å²) in [5, 5.41) is 11.4.